The molecule has 0 aliphatic rings. The second-order valence-electron chi connectivity index (χ2n) is 4.24. The Balaban J connectivity index is 2.53. The van der Waals surface area contributed by atoms with E-state index in [1.807, 2.05) is 0 Å². The molecule has 0 saturated carbocycles. The number of halogens is 5. The second kappa shape index (κ2) is 6.06. The van der Waals surface area contributed by atoms with E-state index in [1.165, 1.54) is 24.3 Å². The van der Waals surface area contributed by atoms with E-state index < -0.39 is 22.7 Å². The van der Waals surface area contributed by atoms with Crippen LogP contribution in [-0.4, -0.2) is 5.97 Å². The van der Waals surface area contributed by atoms with Crippen molar-refractivity contribution in [2.75, 3.05) is 5.32 Å². The van der Waals surface area contributed by atoms with Crippen molar-refractivity contribution in [2.45, 2.75) is 6.18 Å². The maximum atomic E-state index is 12.8. The van der Waals surface area contributed by atoms with Crippen LogP contribution in [0, 0.1) is 0 Å². The van der Waals surface area contributed by atoms with Gasteiger partial charge in [0.2, 0.25) is 0 Å². The molecule has 0 aliphatic heterocycles. The largest absolute Gasteiger partial charge is 0.545 e. The van der Waals surface area contributed by atoms with Gasteiger partial charge in [0.1, 0.15) is 0 Å². The van der Waals surface area contributed by atoms with Crippen molar-refractivity contribution < 1.29 is 23.1 Å². The lowest BCUT2D eigenvalue weighted by Crippen LogP contribution is -2.23. The summed E-state index contributed by atoms with van der Waals surface area (Å²) in [5.41, 5.74) is -1.52. The van der Waals surface area contributed by atoms with E-state index in [1.54, 1.807) is 0 Å². The smallest absolute Gasteiger partial charge is 0.417 e. The Morgan fingerprint density at radius 1 is 1.09 bits per heavy atom. The number of nitrogens with one attached hydrogen (secondary N) is 1. The predicted molar refractivity (Wildman–Crippen MR) is 75.5 cm³/mol. The molecule has 2 aromatic rings. The molecule has 0 spiro atoms. The minimum Gasteiger partial charge on any atom is -0.545 e. The number of alkyl halides is 3. The number of hydrogen-bond donors (Lipinski definition) is 1. The van der Waals surface area contributed by atoms with Crippen LogP contribution in [0.15, 0.2) is 36.4 Å². The van der Waals surface area contributed by atoms with Crippen LogP contribution in [0.4, 0.5) is 24.5 Å². The van der Waals surface area contributed by atoms with E-state index in [0.29, 0.717) is 0 Å². The molecule has 0 aliphatic carbocycles. The number of rotatable bonds is 3. The number of carbonyl (C=O) groups excluding carboxylic acids is 1. The van der Waals surface area contributed by atoms with Crippen molar-refractivity contribution in [3.8, 4) is 0 Å². The lowest BCUT2D eigenvalue weighted by Gasteiger charge is -2.17. The van der Waals surface area contributed by atoms with E-state index in [9.17, 15) is 23.1 Å². The summed E-state index contributed by atoms with van der Waals surface area (Å²) in [5, 5.41) is 12.8. The van der Waals surface area contributed by atoms with Crippen molar-refractivity contribution in [3.63, 3.8) is 0 Å². The first-order valence-electron chi connectivity index (χ1n) is 5.84. The third kappa shape index (κ3) is 3.28. The molecule has 0 fully saturated rings. The summed E-state index contributed by atoms with van der Waals surface area (Å²) in [6, 6.07) is 7.34. The maximum absolute atomic E-state index is 12.8. The van der Waals surface area contributed by atoms with Crippen LogP contribution < -0.4 is 10.4 Å². The molecule has 116 valence electrons. The summed E-state index contributed by atoms with van der Waals surface area (Å²) in [6.07, 6.45) is -4.66. The number of anilines is 2. The summed E-state index contributed by atoms with van der Waals surface area (Å²) >= 11 is 11.6. The van der Waals surface area contributed by atoms with Gasteiger partial charge in [0.15, 0.2) is 0 Å². The van der Waals surface area contributed by atoms with Gasteiger partial charge in [0, 0.05) is 11.3 Å². The summed E-state index contributed by atoms with van der Waals surface area (Å²) in [6.45, 7) is 0. The van der Waals surface area contributed by atoms with Gasteiger partial charge in [0.25, 0.3) is 0 Å². The molecular weight excluding hydrogens is 342 g/mol. The molecule has 0 aromatic heterocycles. The van der Waals surface area contributed by atoms with Gasteiger partial charge in [-0.1, -0.05) is 41.4 Å². The summed E-state index contributed by atoms with van der Waals surface area (Å²) < 4.78 is 38.5. The second-order valence-corrected chi connectivity index (χ2v) is 5.02. The number of benzene rings is 2. The lowest BCUT2D eigenvalue weighted by atomic mass is 10.1. The number of carboxylic acid groups (broad SMARTS) is 1. The molecule has 0 unspecified atom stereocenters. The van der Waals surface area contributed by atoms with Gasteiger partial charge in [-0.05, 0) is 18.2 Å². The number of carboxylic acids is 1. The van der Waals surface area contributed by atoms with E-state index in [4.69, 9.17) is 23.2 Å². The molecule has 0 saturated heterocycles. The van der Waals surface area contributed by atoms with Crippen LogP contribution in [0.5, 0.6) is 0 Å². The quantitative estimate of drug-likeness (QED) is 0.907. The Bertz CT molecular complexity index is 733. The average molecular weight is 349 g/mol. The Kier molecular flexibility index (Phi) is 4.53. The standard InChI is InChI=1S/C14H8Cl2F3NO2/c15-9-6-5-8(14(17,18)19)11(16)12(9)20-10-4-2-1-3-7(10)13(21)22/h1-6,20H,(H,21,22)/p-1. The number of carbonyl (C=O) groups is 1. The molecule has 0 bridgehead atoms. The highest BCUT2D eigenvalue weighted by Gasteiger charge is 2.34. The highest BCUT2D eigenvalue weighted by molar-refractivity contribution is 6.39. The molecular formula is C14H7Cl2F3NO2-. The highest BCUT2D eigenvalue weighted by atomic mass is 35.5. The molecule has 0 amide bonds. The number of aromatic carboxylic acids is 1. The van der Waals surface area contributed by atoms with Crippen LogP contribution >= 0.6 is 23.2 Å². The normalized spacial score (nSPS) is 11.3. The molecule has 2 aromatic carbocycles. The molecule has 1 N–H and O–H groups in total. The SMILES string of the molecule is O=C([O-])c1ccccc1Nc1c(Cl)ccc(C(F)(F)F)c1Cl. The van der Waals surface area contributed by atoms with E-state index >= 15 is 0 Å². The van der Waals surface area contributed by atoms with Gasteiger partial charge in [-0.15, -0.1) is 0 Å². The Morgan fingerprint density at radius 2 is 1.73 bits per heavy atom. The number of para-hydroxylation sites is 1. The van der Waals surface area contributed by atoms with Crippen molar-refractivity contribution in [1.29, 1.82) is 0 Å². The van der Waals surface area contributed by atoms with Crippen LogP contribution in [0.2, 0.25) is 10.0 Å². The monoisotopic (exact) mass is 348 g/mol. The van der Waals surface area contributed by atoms with E-state index in [0.717, 1.165) is 12.1 Å². The third-order valence-electron chi connectivity index (χ3n) is 2.80. The van der Waals surface area contributed by atoms with Crippen molar-refractivity contribution in [3.05, 3.63) is 57.6 Å². The zero-order valence-electron chi connectivity index (χ0n) is 10.7. The van der Waals surface area contributed by atoms with Crippen LogP contribution in [-0.2, 0) is 6.18 Å². The fourth-order valence-electron chi connectivity index (χ4n) is 1.79. The van der Waals surface area contributed by atoms with Crippen LogP contribution in [0.1, 0.15) is 15.9 Å². The fourth-order valence-corrected chi connectivity index (χ4v) is 2.36. The van der Waals surface area contributed by atoms with Gasteiger partial charge in [-0.3, -0.25) is 0 Å². The van der Waals surface area contributed by atoms with Crippen LogP contribution in [0.3, 0.4) is 0 Å². The minimum atomic E-state index is -4.66. The predicted octanol–water partition coefficient (Wildman–Crippen LogP) is 4.12. The van der Waals surface area contributed by atoms with Crippen molar-refractivity contribution >= 4 is 40.5 Å². The first-order valence-corrected chi connectivity index (χ1v) is 6.60. The summed E-state index contributed by atoms with van der Waals surface area (Å²) in [4.78, 5) is 11.0. The first-order chi connectivity index (χ1) is 10.2. The van der Waals surface area contributed by atoms with Gasteiger partial charge in [0.05, 0.1) is 27.3 Å². The lowest BCUT2D eigenvalue weighted by molar-refractivity contribution is -0.254. The molecule has 2 rings (SSSR count). The molecule has 0 atom stereocenters. The van der Waals surface area contributed by atoms with E-state index in [-0.39, 0.29) is 22.0 Å². The molecule has 0 heterocycles. The molecule has 0 radical (unpaired) electrons. The van der Waals surface area contributed by atoms with Gasteiger partial charge in [-0.2, -0.15) is 13.2 Å². The van der Waals surface area contributed by atoms with Crippen molar-refractivity contribution in [2.24, 2.45) is 0 Å². The molecule has 8 heteroatoms. The fraction of sp³-hybridized carbons (Fsp3) is 0.0714. The Morgan fingerprint density at radius 3 is 2.32 bits per heavy atom. The topological polar surface area (TPSA) is 52.2 Å². The highest BCUT2D eigenvalue weighted by Crippen LogP contribution is 2.42. The summed E-state index contributed by atoms with van der Waals surface area (Å²) in [5.74, 6) is -1.48. The van der Waals surface area contributed by atoms with Gasteiger partial charge < -0.3 is 15.2 Å². The summed E-state index contributed by atoms with van der Waals surface area (Å²) in [7, 11) is 0. The average Bonchev–Trinajstić information content (AvgIpc) is 2.42. The molecule has 22 heavy (non-hydrogen) atoms. The van der Waals surface area contributed by atoms with Crippen molar-refractivity contribution in [1.82, 2.24) is 0 Å². The van der Waals surface area contributed by atoms with Gasteiger partial charge in [-0.25, -0.2) is 0 Å². The first kappa shape index (κ1) is 16.5. The van der Waals surface area contributed by atoms with E-state index in [2.05, 4.69) is 5.32 Å². The van der Waals surface area contributed by atoms with Gasteiger partial charge >= 0.3 is 6.18 Å². The third-order valence-corrected chi connectivity index (χ3v) is 3.51. The molecule has 3 nitrogen and oxygen atoms in total. The Labute approximate surface area is 133 Å². The zero-order chi connectivity index (χ0) is 16.5. The zero-order valence-corrected chi connectivity index (χ0v) is 12.2. The maximum Gasteiger partial charge on any atom is 0.417 e. The number of hydrogen-bond acceptors (Lipinski definition) is 3. The van der Waals surface area contributed by atoms with Crippen LogP contribution in [0.25, 0.3) is 0 Å². The Hall–Kier alpha value is -1.92. The minimum absolute atomic E-state index is 0.0191.